The predicted molar refractivity (Wildman–Crippen MR) is 254 cm³/mol. The number of anilines is 2. The van der Waals surface area contributed by atoms with Crippen LogP contribution in [0.3, 0.4) is 0 Å². The van der Waals surface area contributed by atoms with Crippen LogP contribution in [-0.4, -0.2) is 139 Å². The summed E-state index contributed by atoms with van der Waals surface area (Å²) >= 11 is 0. The summed E-state index contributed by atoms with van der Waals surface area (Å²) in [5, 5.41) is 17.8. The van der Waals surface area contributed by atoms with Gasteiger partial charge in [-0.25, -0.2) is 18.4 Å². The van der Waals surface area contributed by atoms with Gasteiger partial charge in [-0.3, -0.25) is 39.2 Å². The number of nitrogens with zero attached hydrogens (tertiary/aromatic N) is 10. The minimum absolute atomic E-state index is 0.132. The number of rotatable bonds is 13. The quantitative estimate of drug-likeness (QED) is 0.0960. The molecule has 2 aliphatic heterocycles. The molecule has 6 heterocycles. The Bertz CT molecular complexity index is 3050. The second-order valence-electron chi connectivity index (χ2n) is 16.7. The average Bonchev–Trinajstić information content (AvgIpc) is 4.07. The molecule has 4 aromatic heterocycles. The lowest BCUT2D eigenvalue weighted by Gasteiger charge is -2.33. The molecule has 4 amide bonds. The van der Waals surface area contributed by atoms with E-state index in [0.29, 0.717) is 127 Å². The molecule has 0 atom stereocenters. The first-order valence-electron chi connectivity index (χ1n) is 22.6. The summed E-state index contributed by atoms with van der Waals surface area (Å²) in [5.74, 6) is -0.820. The van der Waals surface area contributed by atoms with Crippen LogP contribution >= 0.6 is 0 Å². The van der Waals surface area contributed by atoms with Crippen molar-refractivity contribution < 1.29 is 37.1 Å². The molecule has 1 saturated heterocycles. The predicted octanol–water partition coefficient (Wildman–Crippen LogP) is 3.15. The number of nitrogens with one attached hydrogen (secondary N) is 3. The number of piperazine rings is 1. The first kappa shape index (κ1) is 47.4. The van der Waals surface area contributed by atoms with Crippen molar-refractivity contribution in [3.05, 3.63) is 82.5 Å². The van der Waals surface area contributed by atoms with E-state index in [2.05, 4.69) is 31.0 Å². The van der Waals surface area contributed by atoms with E-state index >= 15 is 0 Å². The summed E-state index contributed by atoms with van der Waals surface area (Å²) in [5.41, 5.74) is 10.1. The molecular formula is C45H56N14O8S. The van der Waals surface area contributed by atoms with Gasteiger partial charge in [-0.1, -0.05) is 12.2 Å². The summed E-state index contributed by atoms with van der Waals surface area (Å²) in [6, 6.07) is 9.81. The lowest BCUT2D eigenvalue weighted by molar-refractivity contribution is 0.0947. The number of amides is 4. The van der Waals surface area contributed by atoms with E-state index < -0.39 is 27.7 Å². The van der Waals surface area contributed by atoms with Crippen LogP contribution in [0.5, 0.6) is 11.5 Å². The summed E-state index contributed by atoms with van der Waals surface area (Å²) in [7, 11) is -3.24. The number of carbonyl (C=O) groups excluding carboxylic acids is 4. The Hall–Kier alpha value is -7.11. The number of primary amides is 1. The number of ether oxygens (including phenoxy) is 2. The van der Waals surface area contributed by atoms with Gasteiger partial charge in [0.25, 0.3) is 17.7 Å². The van der Waals surface area contributed by atoms with Crippen molar-refractivity contribution in [3.63, 3.8) is 0 Å². The molecule has 0 saturated carbocycles. The van der Waals surface area contributed by atoms with E-state index in [1.165, 1.54) is 10.6 Å². The van der Waals surface area contributed by atoms with Crippen LogP contribution in [0.2, 0.25) is 0 Å². The van der Waals surface area contributed by atoms with Gasteiger partial charge in [0.1, 0.15) is 33.9 Å². The number of aromatic nitrogens is 8. The number of allylic oxidation sites excluding steroid dienone is 2. The zero-order valence-corrected chi connectivity index (χ0v) is 39.6. The number of hydrogen-bond acceptors (Lipinski definition) is 13. The fourth-order valence-corrected chi connectivity index (χ4v) is 9.27. The Balaban J connectivity index is 1.12. The topological polar surface area (TPSA) is 261 Å². The summed E-state index contributed by atoms with van der Waals surface area (Å²) in [6.07, 6.45) is 5.95. The van der Waals surface area contributed by atoms with Crippen LogP contribution in [0.15, 0.2) is 48.6 Å². The molecule has 8 rings (SSSR count). The van der Waals surface area contributed by atoms with Crippen molar-refractivity contribution in [2.24, 2.45) is 5.73 Å². The van der Waals surface area contributed by atoms with Gasteiger partial charge in [0.15, 0.2) is 0 Å². The summed E-state index contributed by atoms with van der Waals surface area (Å²) in [6.45, 7) is 12.1. The molecule has 0 bridgehead atoms. The van der Waals surface area contributed by atoms with E-state index in [1.807, 2.05) is 32.9 Å². The first-order chi connectivity index (χ1) is 32.6. The third-order valence-electron chi connectivity index (χ3n) is 11.8. The number of imidazole rings is 2. The maximum Gasteiger partial charge on any atom is 0.276 e. The Kier molecular flexibility index (Phi) is 13.9. The van der Waals surface area contributed by atoms with Gasteiger partial charge < -0.3 is 34.6 Å². The lowest BCUT2D eigenvalue weighted by Crippen LogP contribution is -2.48. The van der Waals surface area contributed by atoms with Crippen LogP contribution in [0.25, 0.3) is 22.1 Å². The molecule has 5 N–H and O–H groups in total. The minimum Gasteiger partial charge on any atom is -0.491 e. The normalized spacial score (nSPS) is 15.5. The van der Waals surface area contributed by atoms with E-state index in [1.54, 1.807) is 61.8 Å². The van der Waals surface area contributed by atoms with Gasteiger partial charge in [-0.15, -0.1) is 0 Å². The molecule has 1 fully saturated rings. The highest BCUT2D eigenvalue weighted by molar-refractivity contribution is 7.88. The van der Waals surface area contributed by atoms with Crippen LogP contribution in [0, 0.1) is 13.8 Å². The van der Waals surface area contributed by atoms with E-state index in [4.69, 9.17) is 25.2 Å². The molecular weight excluding hydrogens is 897 g/mol. The molecule has 23 heteroatoms. The highest BCUT2D eigenvalue weighted by Gasteiger charge is 2.26. The van der Waals surface area contributed by atoms with Crippen molar-refractivity contribution in [2.75, 3.05) is 69.4 Å². The molecule has 22 nitrogen and oxygen atoms in total. The summed E-state index contributed by atoms with van der Waals surface area (Å²) < 4.78 is 44.9. The van der Waals surface area contributed by atoms with Crippen molar-refractivity contribution in [1.29, 1.82) is 0 Å². The molecule has 0 radical (unpaired) electrons. The number of aryl methyl sites for hydroxylation is 4. The van der Waals surface area contributed by atoms with E-state index in [-0.39, 0.29) is 49.7 Å². The average molecular weight is 953 g/mol. The third-order valence-corrected chi connectivity index (χ3v) is 13.1. The molecule has 0 unspecified atom stereocenters. The highest BCUT2D eigenvalue weighted by atomic mass is 32.2. The molecule has 6 aromatic rings. The standard InChI is InChI=1S/C45H56N14O8S/c1-6-58-34(22-28(3)52-58)42(62)50-44-48-32-24-30(40(46)60)26-36-38(32)56(44)14-8-9-15-57-39-33(49-45(57)51-43(63)35-23-29(4)53-59(35)7-2)25-31(27-37(39)67-21-11-20-66-36)41(61)47-12-10-13-54-16-18-55(19-17-54)68(5,64)65/h8-9,22-27H,6-7,10-21H2,1-5H3,(H2,46,60)(H,47,61)(H,48,50,62)(H,49,51,63)/b9-8+. The number of sulfonamides is 1. The van der Waals surface area contributed by atoms with Crippen molar-refractivity contribution in [1.82, 2.24) is 53.2 Å². The monoisotopic (exact) mass is 952 g/mol. The van der Waals surface area contributed by atoms with Crippen LogP contribution in [-0.2, 0) is 36.2 Å². The lowest BCUT2D eigenvalue weighted by atomic mass is 10.1. The van der Waals surface area contributed by atoms with Crippen molar-refractivity contribution in [3.8, 4) is 11.5 Å². The number of nitrogens with two attached hydrogens (primary N) is 1. The van der Waals surface area contributed by atoms with Crippen molar-refractivity contribution >= 4 is 67.6 Å². The van der Waals surface area contributed by atoms with Gasteiger partial charge in [0, 0.05) is 76.5 Å². The maximum absolute atomic E-state index is 13.9. The molecule has 0 spiro atoms. The van der Waals surface area contributed by atoms with Gasteiger partial charge in [-0.2, -0.15) is 14.5 Å². The van der Waals surface area contributed by atoms with Crippen LogP contribution < -0.4 is 31.2 Å². The fourth-order valence-electron chi connectivity index (χ4n) is 8.44. The van der Waals surface area contributed by atoms with E-state index in [9.17, 15) is 27.6 Å². The Morgan fingerprint density at radius 2 is 1.21 bits per heavy atom. The second kappa shape index (κ2) is 20.0. The number of benzene rings is 2. The largest absolute Gasteiger partial charge is 0.491 e. The minimum atomic E-state index is -3.24. The molecule has 2 aliphatic rings. The smallest absolute Gasteiger partial charge is 0.276 e. The van der Waals surface area contributed by atoms with Gasteiger partial charge in [0.2, 0.25) is 27.8 Å². The van der Waals surface area contributed by atoms with Crippen LogP contribution in [0.4, 0.5) is 11.9 Å². The second-order valence-corrected chi connectivity index (χ2v) is 18.6. The Morgan fingerprint density at radius 3 is 1.69 bits per heavy atom. The molecule has 68 heavy (non-hydrogen) atoms. The Labute approximate surface area is 392 Å². The van der Waals surface area contributed by atoms with Crippen LogP contribution in [0.1, 0.15) is 79.8 Å². The first-order valence-corrected chi connectivity index (χ1v) is 24.4. The third kappa shape index (κ3) is 10.2. The van der Waals surface area contributed by atoms with Crippen molar-refractivity contribution in [2.45, 2.75) is 66.7 Å². The fraction of sp³-hybridized carbons (Fsp3) is 0.422. The summed E-state index contributed by atoms with van der Waals surface area (Å²) in [4.78, 5) is 65.8. The molecule has 0 aliphatic carbocycles. The van der Waals surface area contributed by atoms with Gasteiger partial charge >= 0.3 is 0 Å². The number of hydrogen-bond donors (Lipinski definition) is 4. The maximum atomic E-state index is 13.9. The molecule has 2 aromatic carbocycles. The van der Waals surface area contributed by atoms with Gasteiger partial charge in [0.05, 0.1) is 41.9 Å². The number of carbonyl (C=O) groups is 4. The zero-order valence-electron chi connectivity index (χ0n) is 38.7. The van der Waals surface area contributed by atoms with E-state index in [0.717, 1.165) is 0 Å². The zero-order chi connectivity index (χ0) is 48.3. The van der Waals surface area contributed by atoms with Gasteiger partial charge in [-0.05, 0) is 77.1 Å². The Morgan fingerprint density at radius 1 is 0.706 bits per heavy atom. The molecule has 360 valence electrons. The highest BCUT2D eigenvalue weighted by Crippen LogP contribution is 2.34. The SMILES string of the molecule is CCn1nc(C)cc1C(=O)Nc1nc2cc(C(N)=O)cc3c2n1C/C=C/Cn1c(NC(=O)c2cc(C)nn2CC)nc2cc(C(=O)NCCCN4CCN(S(C)(=O)=O)CC4)cc(c21)OCCCO3.